The first-order valence-corrected chi connectivity index (χ1v) is 8.02. The molecule has 1 atom stereocenters. The lowest BCUT2D eigenvalue weighted by molar-refractivity contribution is -0.116. The van der Waals surface area contributed by atoms with Crippen molar-refractivity contribution in [2.24, 2.45) is 23.7 Å². The van der Waals surface area contributed by atoms with Crippen LogP contribution in [0.3, 0.4) is 0 Å². The third kappa shape index (κ3) is 1.42. The molecule has 0 aromatic heterocycles. The maximum atomic E-state index is 12.3. The number of hydrogen-bond acceptors (Lipinski definition) is 2. The van der Waals surface area contributed by atoms with Crippen molar-refractivity contribution in [3.8, 4) is 0 Å². The molecule has 1 amide bonds. The fourth-order valence-corrected chi connectivity index (χ4v) is 6.35. The molecule has 19 heavy (non-hydrogen) atoms. The smallest absolute Gasteiger partial charge is 0.410 e. The van der Waals surface area contributed by atoms with Crippen LogP contribution >= 0.6 is 0 Å². The van der Waals surface area contributed by atoms with Crippen molar-refractivity contribution in [1.82, 2.24) is 4.90 Å². The van der Waals surface area contributed by atoms with Crippen molar-refractivity contribution in [1.29, 1.82) is 0 Å². The number of likely N-dealkylation sites (tertiary alicyclic amines) is 1. The molecule has 1 heterocycles. The molecule has 1 saturated heterocycles. The van der Waals surface area contributed by atoms with Crippen LogP contribution < -0.4 is 0 Å². The van der Waals surface area contributed by atoms with E-state index >= 15 is 0 Å². The van der Waals surface area contributed by atoms with Crippen molar-refractivity contribution in [2.75, 3.05) is 7.11 Å². The van der Waals surface area contributed by atoms with Gasteiger partial charge in [0.15, 0.2) is 0 Å². The summed E-state index contributed by atoms with van der Waals surface area (Å²) in [5, 5.41) is 0. The number of ether oxygens (including phenoxy) is 1. The number of amides is 1. The minimum atomic E-state index is -0.0718. The summed E-state index contributed by atoms with van der Waals surface area (Å²) < 4.78 is 5.12. The van der Waals surface area contributed by atoms with Crippen LogP contribution in [-0.2, 0) is 4.74 Å². The van der Waals surface area contributed by atoms with Gasteiger partial charge >= 0.3 is 6.09 Å². The zero-order valence-corrected chi connectivity index (χ0v) is 12.1. The van der Waals surface area contributed by atoms with Crippen molar-refractivity contribution in [3.05, 3.63) is 0 Å². The van der Waals surface area contributed by atoms with E-state index in [1.807, 2.05) is 0 Å². The molecule has 0 aromatic rings. The van der Waals surface area contributed by atoms with Gasteiger partial charge in [-0.2, -0.15) is 0 Å². The SMILES string of the molecule is COC(=O)N1C(C)CCC12C1CC3CC(C1)CC2C3. The second-order valence-electron chi connectivity index (χ2n) is 7.52. The standard InChI is InChI=1S/C16H25NO2/c1-10-3-4-16(17(10)15(18)19-2)13-6-11-5-12(8-13)9-14(16)7-11/h10-14H,3-9H2,1-2H3. The highest BCUT2D eigenvalue weighted by molar-refractivity contribution is 5.70. The number of carbonyl (C=O) groups excluding carboxylic acids is 1. The second-order valence-corrected chi connectivity index (χ2v) is 7.52. The zero-order valence-electron chi connectivity index (χ0n) is 12.1. The van der Waals surface area contributed by atoms with Gasteiger partial charge in [-0.05, 0) is 75.5 Å². The summed E-state index contributed by atoms with van der Waals surface area (Å²) in [6.45, 7) is 2.21. The van der Waals surface area contributed by atoms with Crippen molar-refractivity contribution < 1.29 is 9.53 Å². The summed E-state index contributed by atoms with van der Waals surface area (Å²) in [6.07, 6.45) is 9.25. The Balaban J connectivity index is 1.74. The number of methoxy groups -OCH3 is 1. The molecule has 4 saturated carbocycles. The maximum absolute atomic E-state index is 12.3. The Morgan fingerprint density at radius 3 is 2.21 bits per heavy atom. The predicted molar refractivity (Wildman–Crippen MR) is 72.7 cm³/mol. The van der Waals surface area contributed by atoms with Crippen LogP contribution in [0.4, 0.5) is 4.79 Å². The van der Waals surface area contributed by atoms with Gasteiger partial charge in [0.25, 0.3) is 0 Å². The molecule has 106 valence electrons. The average molecular weight is 263 g/mol. The molecule has 3 nitrogen and oxygen atoms in total. The van der Waals surface area contributed by atoms with Gasteiger partial charge in [-0.15, -0.1) is 0 Å². The van der Waals surface area contributed by atoms with E-state index in [1.54, 1.807) is 0 Å². The zero-order chi connectivity index (χ0) is 13.2. The molecule has 0 N–H and O–H groups in total. The third-order valence-electron chi connectivity index (χ3n) is 6.78. The molecule has 1 unspecified atom stereocenters. The number of rotatable bonds is 0. The molecular formula is C16H25NO2. The first-order valence-electron chi connectivity index (χ1n) is 8.02. The van der Waals surface area contributed by atoms with E-state index in [2.05, 4.69) is 11.8 Å². The highest BCUT2D eigenvalue weighted by atomic mass is 16.5. The van der Waals surface area contributed by atoms with Crippen molar-refractivity contribution in [3.63, 3.8) is 0 Å². The lowest BCUT2D eigenvalue weighted by Gasteiger charge is -2.62. The summed E-state index contributed by atoms with van der Waals surface area (Å²) in [5.74, 6) is 3.44. The van der Waals surface area contributed by atoms with E-state index in [-0.39, 0.29) is 11.6 Å². The Kier molecular flexibility index (Phi) is 2.47. The summed E-state index contributed by atoms with van der Waals surface area (Å²) in [7, 11) is 1.54. The average Bonchev–Trinajstić information content (AvgIpc) is 2.73. The lowest BCUT2D eigenvalue weighted by Crippen LogP contribution is -2.65. The fourth-order valence-electron chi connectivity index (χ4n) is 6.35. The third-order valence-corrected chi connectivity index (χ3v) is 6.78. The highest BCUT2D eigenvalue weighted by Gasteiger charge is 2.63. The summed E-state index contributed by atoms with van der Waals surface area (Å²) in [6, 6.07) is 0.366. The first-order chi connectivity index (χ1) is 9.15. The molecule has 4 aliphatic carbocycles. The van der Waals surface area contributed by atoms with E-state index in [4.69, 9.17) is 4.74 Å². The monoisotopic (exact) mass is 263 g/mol. The fraction of sp³-hybridized carbons (Fsp3) is 0.938. The summed E-state index contributed by atoms with van der Waals surface area (Å²) >= 11 is 0. The first kappa shape index (κ1) is 12.0. The Bertz CT molecular complexity index is 378. The minimum Gasteiger partial charge on any atom is -0.453 e. The number of hydrogen-bond donors (Lipinski definition) is 0. The van der Waals surface area contributed by atoms with Crippen LogP contribution in [0.25, 0.3) is 0 Å². The molecule has 1 spiro atoms. The number of nitrogens with zero attached hydrogens (tertiary/aromatic N) is 1. The highest BCUT2D eigenvalue weighted by Crippen LogP contribution is 2.63. The van der Waals surface area contributed by atoms with Gasteiger partial charge < -0.3 is 4.74 Å². The Morgan fingerprint density at radius 2 is 1.68 bits per heavy atom. The summed E-state index contributed by atoms with van der Waals surface area (Å²) in [4.78, 5) is 14.5. The van der Waals surface area contributed by atoms with Crippen LogP contribution in [0, 0.1) is 23.7 Å². The van der Waals surface area contributed by atoms with Gasteiger partial charge in [0.1, 0.15) is 0 Å². The molecule has 0 aromatic carbocycles. The minimum absolute atomic E-state index is 0.0718. The number of carbonyl (C=O) groups is 1. The van der Waals surface area contributed by atoms with Gasteiger partial charge in [0.05, 0.1) is 12.6 Å². The maximum Gasteiger partial charge on any atom is 0.410 e. The molecule has 4 bridgehead atoms. The Labute approximate surface area is 115 Å². The van der Waals surface area contributed by atoms with Gasteiger partial charge in [0.2, 0.25) is 0 Å². The lowest BCUT2D eigenvalue weighted by atomic mass is 9.48. The van der Waals surface area contributed by atoms with Crippen LogP contribution in [0.15, 0.2) is 0 Å². The summed E-state index contributed by atoms with van der Waals surface area (Å²) in [5.41, 5.74) is 0.167. The van der Waals surface area contributed by atoms with Gasteiger partial charge in [0, 0.05) is 6.04 Å². The molecule has 0 radical (unpaired) electrons. The van der Waals surface area contributed by atoms with E-state index in [0.717, 1.165) is 30.1 Å². The van der Waals surface area contributed by atoms with Gasteiger partial charge in [-0.1, -0.05) is 0 Å². The predicted octanol–water partition coefficient (Wildman–Crippen LogP) is 3.43. The molecule has 1 aliphatic heterocycles. The molecule has 5 aliphatic rings. The van der Waals surface area contributed by atoms with Crippen molar-refractivity contribution in [2.45, 2.75) is 63.5 Å². The molecule has 3 heteroatoms. The van der Waals surface area contributed by atoms with E-state index in [9.17, 15) is 4.79 Å². The van der Waals surface area contributed by atoms with Crippen LogP contribution in [-0.4, -0.2) is 29.7 Å². The molecule has 5 rings (SSSR count). The Hall–Kier alpha value is -0.730. The van der Waals surface area contributed by atoms with E-state index in [1.165, 1.54) is 45.6 Å². The largest absolute Gasteiger partial charge is 0.453 e. The van der Waals surface area contributed by atoms with Gasteiger partial charge in [-0.25, -0.2) is 4.79 Å². The van der Waals surface area contributed by atoms with Crippen LogP contribution in [0.5, 0.6) is 0 Å². The molecule has 5 fully saturated rings. The second kappa shape index (κ2) is 3.89. The van der Waals surface area contributed by atoms with E-state index in [0.29, 0.717) is 6.04 Å². The topological polar surface area (TPSA) is 29.5 Å². The normalized spacial score (nSPS) is 51.1. The molecular weight excluding hydrogens is 238 g/mol. The van der Waals surface area contributed by atoms with Crippen LogP contribution in [0.1, 0.15) is 51.9 Å². The van der Waals surface area contributed by atoms with Gasteiger partial charge in [-0.3, -0.25) is 4.90 Å². The van der Waals surface area contributed by atoms with E-state index < -0.39 is 0 Å². The quantitative estimate of drug-likeness (QED) is 0.670. The van der Waals surface area contributed by atoms with Crippen LogP contribution in [0.2, 0.25) is 0 Å². The van der Waals surface area contributed by atoms with Crippen molar-refractivity contribution >= 4 is 6.09 Å². The Morgan fingerprint density at radius 1 is 1.11 bits per heavy atom.